The molecular weight excluding hydrogens is 407 g/mol. The summed E-state index contributed by atoms with van der Waals surface area (Å²) in [6.07, 6.45) is 0.153. The van der Waals surface area contributed by atoms with Crippen molar-refractivity contribution < 1.29 is 9.26 Å². The SMILES string of the molecule is Cc1noc(C)c1CN=C(N)Nc1ccc(OC(C)C)cc1.I. The molecule has 0 bridgehead atoms. The predicted molar refractivity (Wildman–Crippen MR) is 103 cm³/mol. The fourth-order valence-corrected chi connectivity index (χ4v) is 1.97. The first-order valence-corrected chi connectivity index (χ1v) is 7.21. The highest BCUT2D eigenvalue weighted by atomic mass is 127. The molecule has 7 heteroatoms. The van der Waals surface area contributed by atoms with E-state index in [1.807, 2.05) is 52.0 Å². The molecule has 0 unspecified atom stereocenters. The summed E-state index contributed by atoms with van der Waals surface area (Å²) in [6.45, 7) is 8.17. The Hall–Kier alpha value is -1.77. The van der Waals surface area contributed by atoms with Gasteiger partial charge in [0.05, 0.1) is 18.3 Å². The molecule has 23 heavy (non-hydrogen) atoms. The Kier molecular flexibility index (Phi) is 7.34. The Labute approximate surface area is 153 Å². The lowest BCUT2D eigenvalue weighted by Gasteiger charge is -2.10. The van der Waals surface area contributed by atoms with E-state index in [0.29, 0.717) is 12.5 Å². The van der Waals surface area contributed by atoms with Crippen molar-refractivity contribution >= 4 is 35.6 Å². The molecule has 0 fully saturated rings. The van der Waals surface area contributed by atoms with Crippen LogP contribution in [0.15, 0.2) is 33.8 Å². The van der Waals surface area contributed by atoms with Gasteiger partial charge in [0.25, 0.3) is 0 Å². The van der Waals surface area contributed by atoms with Crippen LogP contribution in [0.1, 0.15) is 30.9 Å². The summed E-state index contributed by atoms with van der Waals surface area (Å²) >= 11 is 0. The second-order valence-corrected chi connectivity index (χ2v) is 5.32. The van der Waals surface area contributed by atoms with E-state index < -0.39 is 0 Å². The second kappa shape index (κ2) is 8.76. The summed E-state index contributed by atoms with van der Waals surface area (Å²) in [5.41, 5.74) is 8.56. The summed E-state index contributed by atoms with van der Waals surface area (Å²) in [5, 5.41) is 6.94. The number of guanidine groups is 1. The molecule has 0 spiro atoms. The lowest BCUT2D eigenvalue weighted by atomic mass is 10.2. The topological polar surface area (TPSA) is 85.7 Å². The molecule has 0 aliphatic heterocycles. The fourth-order valence-electron chi connectivity index (χ4n) is 1.97. The Bertz CT molecular complexity index is 631. The van der Waals surface area contributed by atoms with Gasteiger partial charge < -0.3 is 20.3 Å². The summed E-state index contributed by atoms with van der Waals surface area (Å²) in [6, 6.07) is 7.58. The quantitative estimate of drug-likeness (QED) is 0.430. The number of rotatable bonds is 5. The van der Waals surface area contributed by atoms with Crippen molar-refractivity contribution in [3.8, 4) is 5.75 Å². The van der Waals surface area contributed by atoms with Gasteiger partial charge in [0, 0.05) is 11.3 Å². The van der Waals surface area contributed by atoms with Gasteiger partial charge in [0.2, 0.25) is 0 Å². The molecule has 0 amide bonds. The number of nitrogens with zero attached hydrogens (tertiary/aromatic N) is 2. The number of hydrogen-bond donors (Lipinski definition) is 2. The lowest BCUT2D eigenvalue weighted by Crippen LogP contribution is -2.22. The van der Waals surface area contributed by atoms with Gasteiger partial charge in [-0.05, 0) is 52.0 Å². The van der Waals surface area contributed by atoms with Crippen molar-refractivity contribution in [1.29, 1.82) is 0 Å². The van der Waals surface area contributed by atoms with Crippen LogP contribution < -0.4 is 15.8 Å². The molecular formula is C16H23IN4O2. The predicted octanol–water partition coefficient (Wildman–Crippen LogP) is 3.62. The third-order valence-corrected chi connectivity index (χ3v) is 3.09. The number of anilines is 1. The van der Waals surface area contributed by atoms with E-state index in [1.54, 1.807) is 0 Å². The fraction of sp³-hybridized carbons (Fsp3) is 0.375. The zero-order chi connectivity index (χ0) is 16.1. The van der Waals surface area contributed by atoms with Crippen LogP contribution in [0.5, 0.6) is 5.75 Å². The zero-order valence-electron chi connectivity index (χ0n) is 13.8. The minimum atomic E-state index is 0. The van der Waals surface area contributed by atoms with Crippen LogP contribution in [0.4, 0.5) is 5.69 Å². The van der Waals surface area contributed by atoms with Crippen molar-refractivity contribution in [1.82, 2.24) is 5.16 Å². The Morgan fingerprint density at radius 3 is 2.48 bits per heavy atom. The molecule has 0 saturated carbocycles. The number of benzene rings is 1. The van der Waals surface area contributed by atoms with Crippen LogP contribution in [0.3, 0.4) is 0 Å². The number of ether oxygens (including phenoxy) is 1. The number of aryl methyl sites for hydroxylation is 2. The molecule has 0 saturated heterocycles. The molecule has 126 valence electrons. The smallest absolute Gasteiger partial charge is 0.193 e. The van der Waals surface area contributed by atoms with Crippen LogP contribution in [0, 0.1) is 13.8 Å². The molecule has 6 nitrogen and oxygen atoms in total. The van der Waals surface area contributed by atoms with Crippen molar-refractivity contribution in [3.05, 3.63) is 41.3 Å². The van der Waals surface area contributed by atoms with Crippen molar-refractivity contribution in [2.45, 2.75) is 40.3 Å². The first-order valence-electron chi connectivity index (χ1n) is 7.21. The van der Waals surface area contributed by atoms with E-state index in [4.69, 9.17) is 15.0 Å². The summed E-state index contributed by atoms with van der Waals surface area (Å²) < 4.78 is 10.7. The normalized spacial score (nSPS) is 11.3. The van der Waals surface area contributed by atoms with E-state index in [0.717, 1.165) is 28.5 Å². The van der Waals surface area contributed by atoms with Crippen LogP contribution in [0.2, 0.25) is 0 Å². The van der Waals surface area contributed by atoms with E-state index in [1.165, 1.54) is 0 Å². The Morgan fingerprint density at radius 1 is 1.30 bits per heavy atom. The largest absolute Gasteiger partial charge is 0.491 e. The maximum atomic E-state index is 5.90. The highest BCUT2D eigenvalue weighted by molar-refractivity contribution is 14.0. The highest BCUT2D eigenvalue weighted by Gasteiger charge is 2.08. The van der Waals surface area contributed by atoms with E-state index in [9.17, 15) is 0 Å². The standard InChI is InChI=1S/C16H22N4O2.HI/c1-10(2)21-14-7-5-13(6-8-14)19-16(17)18-9-15-11(3)20-22-12(15)4;/h5-8,10H,9H2,1-4H3,(H3,17,18,19);1H. The van der Waals surface area contributed by atoms with Crippen molar-refractivity contribution in [3.63, 3.8) is 0 Å². The number of aromatic nitrogens is 1. The van der Waals surface area contributed by atoms with Gasteiger partial charge in [0.1, 0.15) is 11.5 Å². The Balaban J connectivity index is 0.00000264. The number of halogens is 1. The average molecular weight is 430 g/mol. The summed E-state index contributed by atoms with van der Waals surface area (Å²) in [7, 11) is 0. The number of aliphatic imine (C=N–C) groups is 1. The van der Waals surface area contributed by atoms with Gasteiger partial charge in [0.15, 0.2) is 5.96 Å². The molecule has 0 atom stereocenters. The molecule has 0 aliphatic rings. The van der Waals surface area contributed by atoms with Gasteiger partial charge in [-0.25, -0.2) is 4.99 Å². The highest BCUT2D eigenvalue weighted by Crippen LogP contribution is 2.17. The van der Waals surface area contributed by atoms with Crippen LogP contribution in [0.25, 0.3) is 0 Å². The third kappa shape index (κ3) is 5.74. The van der Waals surface area contributed by atoms with E-state index in [-0.39, 0.29) is 30.1 Å². The number of hydrogen-bond acceptors (Lipinski definition) is 4. The molecule has 2 rings (SSSR count). The third-order valence-electron chi connectivity index (χ3n) is 3.09. The zero-order valence-corrected chi connectivity index (χ0v) is 16.1. The van der Waals surface area contributed by atoms with Crippen molar-refractivity contribution in [2.24, 2.45) is 10.7 Å². The lowest BCUT2D eigenvalue weighted by molar-refractivity contribution is 0.242. The van der Waals surface area contributed by atoms with Gasteiger partial charge in [-0.2, -0.15) is 0 Å². The average Bonchev–Trinajstić information content (AvgIpc) is 2.77. The minimum absolute atomic E-state index is 0. The Morgan fingerprint density at radius 2 is 1.96 bits per heavy atom. The molecule has 1 aromatic heterocycles. The summed E-state index contributed by atoms with van der Waals surface area (Å²) in [4.78, 5) is 4.31. The first-order chi connectivity index (χ1) is 10.5. The first kappa shape index (κ1) is 19.3. The molecule has 1 heterocycles. The van der Waals surface area contributed by atoms with Gasteiger partial charge in [-0.1, -0.05) is 5.16 Å². The molecule has 3 N–H and O–H groups in total. The monoisotopic (exact) mass is 430 g/mol. The molecule has 0 radical (unpaired) electrons. The van der Waals surface area contributed by atoms with E-state index >= 15 is 0 Å². The second-order valence-electron chi connectivity index (χ2n) is 5.32. The number of nitrogens with two attached hydrogens (primary N) is 1. The molecule has 2 aromatic rings. The summed E-state index contributed by atoms with van der Waals surface area (Å²) in [5.74, 6) is 1.94. The molecule has 0 aliphatic carbocycles. The maximum Gasteiger partial charge on any atom is 0.193 e. The van der Waals surface area contributed by atoms with Crippen LogP contribution in [-0.4, -0.2) is 17.2 Å². The van der Waals surface area contributed by atoms with Crippen molar-refractivity contribution in [2.75, 3.05) is 5.32 Å². The maximum absolute atomic E-state index is 5.90. The van der Waals surface area contributed by atoms with Crippen LogP contribution >= 0.6 is 24.0 Å². The number of nitrogens with one attached hydrogen (secondary N) is 1. The van der Waals surface area contributed by atoms with Gasteiger partial charge >= 0.3 is 0 Å². The van der Waals surface area contributed by atoms with E-state index in [2.05, 4.69) is 15.5 Å². The van der Waals surface area contributed by atoms with Gasteiger partial charge in [-0.3, -0.25) is 0 Å². The van der Waals surface area contributed by atoms with Gasteiger partial charge in [-0.15, -0.1) is 24.0 Å². The minimum Gasteiger partial charge on any atom is -0.491 e. The van der Waals surface area contributed by atoms with Crippen LogP contribution in [-0.2, 0) is 6.54 Å². The molecule has 1 aromatic carbocycles.